The second kappa shape index (κ2) is 3.38. The average molecular weight is 249 g/mol. The zero-order chi connectivity index (χ0) is 12.2. The summed E-state index contributed by atoms with van der Waals surface area (Å²) in [6, 6.07) is 0. The molecule has 3 rings (SSSR count). The van der Waals surface area contributed by atoms with E-state index in [-0.39, 0.29) is 5.41 Å². The summed E-state index contributed by atoms with van der Waals surface area (Å²) in [6.07, 6.45) is 4.45. The van der Waals surface area contributed by atoms with Gasteiger partial charge >= 0.3 is 0 Å². The molecule has 90 valence electrons. The molecule has 2 aromatic rings. The maximum atomic E-state index is 12.0. The van der Waals surface area contributed by atoms with Crippen molar-refractivity contribution in [1.29, 1.82) is 0 Å². The number of fused-ring (bicyclic) bond motifs is 3. The van der Waals surface area contributed by atoms with Crippen LogP contribution in [0.1, 0.15) is 32.3 Å². The van der Waals surface area contributed by atoms with Gasteiger partial charge in [-0.1, -0.05) is 20.8 Å². The first-order valence-electron chi connectivity index (χ1n) is 5.73. The standard InChI is InChI=1S/C12H15N3OS/c1-12(2,3)11-14-8-4-7-17(16)9(8)10-13-5-6-15(10)11/h5-6H,4,7H2,1-3H3. The lowest BCUT2D eigenvalue weighted by atomic mass is 9.95. The molecule has 17 heavy (non-hydrogen) atoms. The van der Waals surface area contributed by atoms with E-state index in [9.17, 15) is 4.21 Å². The van der Waals surface area contributed by atoms with Gasteiger partial charge < -0.3 is 0 Å². The maximum Gasteiger partial charge on any atom is 0.156 e. The van der Waals surface area contributed by atoms with Gasteiger partial charge in [-0.15, -0.1) is 0 Å². The van der Waals surface area contributed by atoms with Crippen LogP contribution in [0.2, 0.25) is 0 Å². The van der Waals surface area contributed by atoms with E-state index in [1.165, 1.54) is 0 Å². The van der Waals surface area contributed by atoms with Gasteiger partial charge in [-0.2, -0.15) is 0 Å². The average Bonchev–Trinajstić information content (AvgIpc) is 2.81. The number of nitrogens with zero attached hydrogens (tertiary/aromatic N) is 3. The van der Waals surface area contributed by atoms with Gasteiger partial charge in [0.05, 0.1) is 16.5 Å². The minimum Gasteiger partial charge on any atom is -0.286 e. The highest BCUT2D eigenvalue weighted by Crippen LogP contribution is 2.29. The molecule has 5 heteroatoms. The predicted octanol–water partition coefficient (Wildman–Crippen LogP) is 1.69. The summed E-state index contributed by atoms with van der Waals surface area (Å²) in [7, 11) is -0.932. The number of hydrogen-bond acceptors (Lipinski definition) is 3. The fourth-order valence-corrected chi connectivity index (χ4v) is 3.58. The molecule has 2 aromatic heterocycles. The molecule has 0 saturated heterocycles. The van der Waals surface area contributed by atoms with E-state index in [0.717, 1.165) is 28.5 Å². The Morgan fingerprint density at radius 1 is 1.41 bits per heavy atom. The van der Waals surface area contributed by atoms with Crippen LogP contribution in [0.4, 0.5) is 0 Å². The maximum absolute atomic E-state index is 12.0. The lowest BCUT2D eigenvalue weighted by Gasteiger charge is -2.20. The Kier molecular flexibility index (Phi) is 2.17. The molecule has 1 aliphatic heterocycles. The Morgan fingerprint density at radius 3 is 2.88 bits per heavy atom. The Morgan fingerprint density at radius 2 is 2.18 bits per heavy atom. The highest BCUT2D eigenvalue weighted by molar-refractivity contribution is 7.85. The monoisotopic (exact) mass is 249 g/mol. The van der Waals surface area contributed by atoms with Gasteiger partial charge in [0.15, 0.2) is 5.65 Å². The Labute approximate surface area is 103 Å². The van der Waals surface area contributed by atoms with E-state index in [0.29, 0.717) is 5.75 Å². The number of hydrogen-bond donors (Lipinski definition) is 0. The normalized spacial score (nSPS) is 19.8. The quantitative estimate of drug-likeness (QED) is 0.714. The molecule has 0 aliphatic carbocycles. The van der Waals surface area contributed by atoms with Crippen molar-refractivity contribution in [3.8, 4) is 0 Å². The van der Waals surface area contributed by atoms with E-state index in [1.54, 1.807) is 6.20 Å². The highest BCUT2D eigenvalue weighted by atomic mass is 32.2. The van der Waals surface area contributed by atoms with E-state index >= 15 is 0 Å². The molecule has 1 aliphatic rings. The fraction of sp³-hybridized carbons (Fsp3) is 0.500. The van der Waals surface area contributed by atoms with Crippen LogP contribution < -0.4 is 0 Å². The van der Waals surface area contributed by atoms with Crippen LogP contribution in [0.15, 0.2) is 17.3 Å². The molecule has 1 atom stereocenters. The molecule has 4 nitrogen and oxygen atoms in total. The molecule has 0 radical (unpaired) electrons. The predicted molar refractivity (Wildman–Crippen MR) is 66.7 cm³/mol. The molecule has 3 heterocycles. The van der Waals surface area contributed by atoms with Crippen molar-refractivity contribution in [2.75, 3.05) is 5.75 Å². The third kappa shape index (κ3) is 1.52. The van der Waals surface area contributed by atoms with Gasteiger partial charge in [-0.05, 0) is 0 Å². The summed E-state index contributed by atoms with van der Waals surface area (Å²) in [6.45, 7) is 6.40. The first kappa shape index (κ1) is 10.9. The lowest BCUT2D eigenvalue weighted by Crippen LogP contribution is -2.20. The molecular weight excluding hydrogens is 234 g/mol. The van der Waals surface area contributed by atoms with Gasteiger partial charge in [-0.3, -0.25) is 8.61 Å². The molecule has 0 amide bonds. The van der Waals surface area contributed by atoms with Crippen molar-refractivity contribution >= 4 is 16.4 Å². The van der Waals surface area contributed by atoms with Crippen molar-refractivity contribution in [2.24, 2.45) is 0 Å². The van der Waals surface area contributed by atoms with Crippen LogP contribution in [0, 0.1) is 0 Å². The van der Waals surface area contributed by atoms with Crippen molar-refractivity contribution < 1.29 is 4.21 Å². The van der Waals surface area contributed by atoms with Gasteiger partial charge in [0.2, 0.25) is 0 Å². The van der Waals surface area contributed by atoms with Crippen molar-refractivity contribution in [3.63, 3.8) is 0 Å². The van der Waals surface area contributed by atoms with Crippen molar-refractivity contribution in [2.45, 2.75) is 37.5 Å². The van der Waals surface area contributed by atoms with Crippen LogP contribution >= 0.6 is 0 Å². The largest absolute Gasteiger partial charge is 0.286 e. The number of aryl methyl sites for hydroxylation is 1. The Bertz CT molecular complexity index is 624. The molecular formula is C12H15N3OS. The summed E-state index contributed by atoms with van der Waals surface area (Å²) in [5.41, 5.74) is 1.74. The van der Waals surface area contributed by atoms with Gasteiger partial charge in [0, 0.05) is 30.0 Å². The van der Waals surface area contributed by atoms with Crippen LogP contribution in [0.5, 0.6) is 0 Å². The third-order valence-electron chi connectivity index (χ3n) is 3.00. The number of imidazole rings is 1. The van der Waals surface area contributed by atoms with Crippen molar-refractivity contribution in [1.82, 2.24) is 14.4 Å². The fourth-order valence-electron chi connectivity index (χ4n) is 2.23. The first-order valence-corrected chi connectivity index (χ1v) is 7.05. The highest BCUT2D eigenvalue weighted by Gasteiger charge is 2.28. The topological polar surface area (TPSA) is 47.3 Å². The second-order valence-electron chi connectivity index (χ2n) is 5.38. The molecule has 0 N–H and O–H groups in total. The van der Waals surface area contributed by atoms with Crippen LogP contribution in [-0.4, -0.2) is 24.3 Å². The zero-order valence-corrected chi connectivity index (χ0v) is 11.0. The number of aromatic nitrogens is 3. The number of rotatable bonds is 0. The molecule has 0 spiro atoms. The van der Waals surface area contributed by atoms with E-state index in [1.807, 2.05) is 10.6 Å². The summed E-state index contributed by atoms with van der Waals surface area (Å²) in [5, 5.41) is 0. The Balaban J connectivity index is 2.42. The van der Waals surface area contributed by atoms with E-state index < -0.39 is 10.8 Å². The third-order valence-corrected chi connectivity index (χ3v) is 4.45. The minimum atomic E-state index is -0.932. The second-order valence-corrected chi connectivity index (χ2v) is 6.89. The Hall–Kier alpha value is -1.23. The van der Waals surface area contributed by atoms with Crippen LogP contribution in [-0.2, 0) is 22.6 Å². The summed E-state index contributed by atoms with van der Waals surface area (Å²) in [4.78, 5) is 9.89. The molecule has 0 saturated carbocycles. The smallest absolute Gasteiger partial charge is 0.156 e. The molecule has 0 fully saturated rings. The van der Waals surface area contributed by atoms with E-state index in [2.05, 4.69) is 25.8 Å². The van der Waals surface area contributed by atoms with Gasteiger partial charge in [0.1, 0.15) is 10.7 Å². The zero-order valence-electron chi connectivity index (χ0n) is 10.2. The van der Waals surface area contributed by atoms with E-state index in [4.69, 9.17) is 4.98 Å². The summed E-state index contributed by atoms with van der Waals surface area (Å²) >= 11 is 0. The van der Waals surface area contributed by atoms with Crippen LogP contribution in [0.25, 0.3) is 5.65 Å². The van der Waals surface area contributed by atoms with Crippen molar-refractivity contribution in [3.05, 3.63) is 23.9 Å². The first-order chi connectivity index (χ1) is 7.98. The molecule has 1 unspecified atom stereocenters. The minimum absolute atomic E-state index is 0.0436. The molecule has 0 bridgehead atoms. The van der Waals surface area contributed by atoms with Gasteiger partial charge in [0.25, 0.3) is 0 Å². The summed E-state index contributed by atoms with van der Waals surface area (Å²) in [5.74, 6) is 1.67. The van der Waals surface area contributed by atoms with Crippen LogP contribution in [0.3, 0.4) is 0 Å². The SMILES string of the molecule is CC(C)(C)c1nc2c(c3nccn13)S(=O)CC2. The lowest BCUT2D eigenvalue weighted by molar-refractivity contribution is 0.531. The molecule has 0 aromatic carbocycles. The summed E-state index contributed by atoms with van der Waals surface area (Å²) < 4.78 is 13.9. The van der Waals surface area contributed by atoms with Gasteiger partial charge in [-0.25, -0.2) is 9.97 Å².